The molecule has 84 valence electrons. The van der Waals surface area contributed by atoms with Gasteiger partial charge in [0.25, 0.3) is 0 Å². The van der Waals surface area contributed by atoms with Gasteiger partial charge in [-0.05, 0) is 13.3 Å². The van der Waals surface area contributed by atoms with Gasteiger partial charge in [0.1, 0.15) is 0 Å². The maximum Gasteiger partial charge on any atom is -0.0354 e. The Labute approximate surface area is 87.4 Å². The van der Waals surface area contributed by atoms with Gasteiger partial charge < -0.3 is 0 Å². The zero-order valence-electron chi connectivity index (χ0n) is 11.3. The van der Waals surface area contributed by atoms with E-state index in [9.17, 15) is 0 Å². The summed E-state index contributed by atoms with van der Waals surface area (Å²) in [4.78, 5) is 0. The molecule has 0 unspecified atom stereocenters. The van der Waals surface area contributed by atoms with Crippen molar-refractivity contribution in [3.8, 4) is 0 Å². The predicted molar refractivity (Wildman–Crippen MR) is 68.4 cm³/mol. The fourth-order valence-corrected chi connectivity index (χ4v) is 0. The second-order valence-electron chi connectivity index (χ2n) is 2.72. The molecule has 0 bridgehead atoms. The van der Waals surface area contributed by atoms with E-state index in [1.807, 2.05) is 20.8 Å². The topological polar surface area (TPSA) is 0 Å². The maximum absolute atomic E-state index is 3.67. The second kappa shape index (κ2) is 41.1. The van der Waals surface area contributed by atoms with Gasteiger partial charge in [-0.1, -0.05) is 66.9 Å². The molecule has 0 fully saturated rings. The first-order valence-corrected chi connectivity index (χ1v) is 5.74. The summed E-state index contributed by atoms with van der Waals surface area (Å²) in [6, 6.07) is 0. The normalized spacial score (nSPS) is 6.15. The summed E-state index contributed by atoms with van der Waals surface area (Å²) in [5, 5.41) is 0. The van der Waals surface area contributed by atoms with Gasteiger partial charge in [-0.25, -0.2) is 0 Å². The van der Waals surface area contributed by atoms with Crippen LogP contribution in [0.15, 0.2) is 12.2 Å². The van der Waals surface area contributed by atoms with E-state index in [4.69, 9.17) is 0 Å². The molecular weight excluding hydrogens is 156 g/mol. The number of rotatable bonds is 1. The third kappa shape index (κ3) is 368. The molecule has 0 aromatic rings. The van der Waals surface area contributed by atoms with Crippen LogP contribution >= 0.6 is 0 Å². The quantitative estimate of drug-likeness (QED) is 0.454. The molecule has 0 N–H and O–H groups in total. The summed E-state index contributed by atoms with van der Waals surface area (Å²) in [6.07, 6.45) is 3.61. The summed E-state index contributed by atoms with van der Waals surface area (Å²) in [6.45, 7) is 20.3. The van der Waals surface area contributed by atoms with Gasteiger partial charge in [0.15, 0.2) is 0 Å². The minimum absolute atomic E-state index is 1.11. The maximum atomic E-state index is 3.67. The molecule has 0 spiro atoms. The molecule has 0 saturated carbocycles. The molecule has 0 aliphatic rings. The van der Waals surface area contributed by atoms with E-state index in [1.54, 1.807) is 0 Å². The first-order chi connectivity index (χ1) is 6.10. The van der Waals surface area contributed by atoms with Gasteiger partial charge in [0, 0.05) is 0 Å². The van der Waals surface area contributed by atoms with Crippen LogP contribution in [-0.4, -0.2) is 0 Å². The van der Waals surface area contributed by atoms with Crippen molar-refractivity contribution < 1.29 is 0 Å². The molecule has 0 atom stereocenters. The Morgan fingerprint density at radius 3 is 0.923 bits per heavy atom. The largest absolute Gasteiger partial charge is 0.100 e. The van der Waals surface area contributed by atoms with Gasteiger partial charge in [0.05, 0.1) is 0 Å². The van der Waals surface area contributed by atoms with Gasteiger partial charge >= 0.3 is 0 Å². The second-order valence-corrected chi connectivity index (χ2v) is 2.72. The molecule has 0 amide bonds. The molecule has 0 aromatic carbocycles. The van der Waals surface area contributed by atoms with Crippen LogP contribution in [-0.2, 0) is 0 Å². The van der Waals surface area contributed by atoms with E-state index in [2.05, 4.69) is 41.2 Å². The van der Waals surface area contributed by atoms with Gasteiger partial charge in [-0.15, -0.1) is 6.58 Å². The van der Waals surface area contributed by atoms with Crippen LogP contribution in [0.2, 0.25) is 0 Å². The highest BCUT2D eigenvalue weighted by Crippen LogP contribution is 1.88. The zero-order valence-corrected chi connectivity index (χ0v) is 11.3. The van der Waals surface area contributed by atoms with E-state index in [0.717, 1.165) is 6.42 Å². The third-order valence-electron chi connectivity index (χ3n) is 0.604. The lowest BCUT2D eigenvalue weighted by Gasteiger charge is -1.79. The Morgan fingerprint density at radius 2 is 0.923 bits per heavy atom. The summed E-state index contributed by atoms with van der Waals surface area (Å²) >= 11 is 0. The van der Waals surface area contributed by atoms with E-state index in [-0.39, 0.29) is 0 Å². The summed E-state index contributed by atoms with van der Waals surface area (Å²) in [7, 11) is 0. The molecule has 0 rings (SSSR count). The van der Waals surface area contributed by atoms with Crippen molar-refractivity contribution in [2.45, 2.75) is 74.7 Å². The minimum Gasteiger partial charge on any atom is -0.100 e. The van der Waals surface area contributed by atoms with Crippen molar-refractivity contribution in [2.75, 3.05) is 0 Å². The lowest BCUT2D eigenvalue weighted by Crippen LogP contribution is -1.58. The Hall–Kier alpha value is -0.260. The van der Waals surface area contributed by atoms with Crippen molar-refractivity contribution in [1.82, 2.24) is 0 Å². The Balaban J connectivity index is -0.0000000446. The third-order valence-corrected chi connectivity index (χ3v) is 0.604. The van der Waals surface area contributed by atoms with Crippen molar-refractivity contribution in [3.05, 3.63) is 12.2 Å². The summed E-state index contributed by atoms with van der Waals surface area (Å²) in [5.74, 6) is 0. The lowest BCUT2D eigenvalue weighted by atomic mass is 10.3. The Kier molecular flexibility index (Phi) is 72.7. The molecular formula is C13H32. The predicted octanol–water partition coefficient (Wildman–Crippen LogP) is 5.83. The molecule has 0 radical (unpaired) electrons. The average Bonchev–Trinajstić information content (AvgIpc) is 2.11. The highest BCUT2D eigenvalue weighted by atomic mass is 13.7. The fourth-order valence-electron chi connectivity index (χ4n) is 0. The van der Waals surface area contributed by atoms with Crippen LogP contribution < -0.4 is 0 Å². The smallest absolute Gasteiger partial charge is 0.0354 e. The van der Waals surface area contributed by atoms with Crippen LogP contribution in [0.3, 0.4) is 0 Å². The number of hydrogen-bond acceptors (Lipinski definition) is 0. The monoisotopic (exact) mass is 188 g/mol. The average molecular weight is 188 g/mol. The van der Waals surface area contributed by atoms with Crippen LogP contribution in [0.25, 0.3) is 0 Å². The zero-order chi connectivity index (χ0) is 11.7. The van der Waals surface area contributed by atoms with Crippen molar-refractivity contribution in [1.29, 1.82) is 0 Å². The fraction of sp³-hybridized carbons (Fsp3) is 0.846. The molecule has 0 heterocycles. The first-order valence-electron chi connectivity index (χ1n) is 5.74. The summed E-state index contributed by atoms with van der Waals surface area (Å²) < 4.78 is 0. The van der Waals surface area contributed by atoms with Gasteiger partial charge in [-0.2, -0.15) is 0 Å². The molecule has 0 heteroatoms. The Morgan fingerprint density at radius 1 is 0.846 bits per heavy atom. The van der Waals surface area contributed by atoms with E-state index >= 15 is 0 Å². The lowest BCUT2D eigenvalue weighted by molar-refractivity contribution is 1.09. The standard InChI is InChI=1S/C5H10.2C3H8.C2H6/c1-4-5(2)3;2*1-3-2;1-2/h2,4H2,1,3H3;2*3H2,1-2H3;1-2H3. The van der Waals surface area contributed by atoms with Crippen LogP contribution in [0.5, 0.6) is 0 Å². The Bertz CT molecular complexity index is 51.1. The molecule has 0 aliphatic heterocycles. The van der Waals surface area contributed by atoms with Gasteiger partial charge in [0.2, 0.25) is 0 Å². The molecule has 0 nitrogen and oxygen atoms in total. The highest BCUT2D eigenvalue weighted by molar-refractivity contribution is 4.84. The van der Waals surface area contributed by atoms with Crippen molar-refractivity contribution in [2.24, 2.45) is 0 Å². The van der Waals surface area contributed by atoms with E-state index in [0.29, 0.717) is 0 Å². The SMILES string of the molecule is C=C(C)CC.CC.CCC.CCC. The number of hydrogen-bond donors (Lipinski definition) is 0. The van der Waals surface area contributed by atoms with Gasteiger partial charge in [-0.3, -0.25) is 0 Å². The van der Waals surface area contributed by atoms with Crippen molar-refractivity contribution >= 4 is 0 Å². The molecule has 0 saturated heterocycles. The highest BCUT2D eigenvalue weighted by Gasteiger charge is 1.67. The van der Waals surface area contributed by atoms with E-state index < -0.39 is 0 Å². The summed E-state index contributed by atoms with van der Waals surface area (Å²) in [5.41, 5.74) is 1.25. The van der Waals surface area contributed by atoms with Crippen LogP contribution in [0.1, 0.15) is 74.7 Å². The van der Waals surface area contributed by atoms with Crippen LogP contribution in [0.4, 0.5) is 0 Å². The molecule has 0 aliphatic carbocycles. The van der Waals surface area contributed by atoms with Crippen LogP contribution in [0, 0.1) is 0 Å². The first kappa shape index (κ1) is 23.0. The van der Waals surface area contributed by atoms with Crippen molar-refractivity contribution in [3.63, 3.8) is 0 Å². The van der Waals surface area contributed by atoms with E-state index in [1.165, 1.54) is 18.4 Å². The molecule has 0 aromatic heterocycles. The minimum atomic E-state index is 1.11. The number of allylic oxidation sites excluding steroid dienone is 1. The molecule has 13 heavy (non-hydrogen) atoms.